The van der Waals surface area contributed by atoms with E-state index in [0.717, 1.165) is 67.6 Å². The summed E-state index contributed by atoms with van der Waals surface area (Å²) in [7, 11) is 0. The SMILES string of the molecule is c1ccc(-c2cccc(N(c3ccccc3)c3ccc4c(c3)c3cc(-c5ccc(-c6ccc(-c7ccc(-c8ccc9c(c8)c8cc(N(c%10ccccc%10)c%10cccc(-c%11ccccc%11)c%10)ccc8n9-c8ccccc8)cc7)c7ccccc67)cc5)ccc3n4-c3ccccc3)c2)cc1. The maximum absolute atomic E-state index is 2.41. The molecule has 0 amide bonds. The molecule has 0 unspecified atom stereocenters. The molecule has 0 aliphatic heterocycles. The van der Waals surface area contributed by atoms with Crippen LogP contribution < -0.4 is 9.80 Å². The minimum absolute atomic E-state index is 1.09. The van der Waals surface area contributed by atoms with Crippen LogP contribution in [0.2, 0.25) is 0 Å². The highest BCUT2D eigenvalue weighted by molar-refractivity contribution is 6.14. The predicted octanol–water partition coefficient (Wildman–Crippen LogP) is 26.0. The molecule has 0 saturated carbocycles. The fourth-order valence-electron chi connectivity index (χ4n) is 14.8. The van der Waals surface area contributed by atoms with Gasteiger partial charge < -0.3 is 18.9 Å². The zero-order valence-electron chi connectivity index (χ0n) is 53.7. The van der Waals surface area contributed by atoms with Crippen LogP contribution in [-0.2, 0) is 0 Å². The molecule has 0 fully saturated rings. The highest BCUT2D eigenvalue weighted by atomic mass is 15.1. The molecule has 2 aromatic heterocycles. The summed E-state index contributed by atoms with van der Waals surface area (Å²) in [6.07, 6.45) is 0. The summed E-state index contributed by atoms with van der Waals surface area (Å²) in [5, 5.41) is 7.22. The van der Waals surface area contributed by atoms with Gasteiger partial charge in [-0.1, -0.05) is 255 Å². The van der Waals surface area contributed by atoms with Crippen molar-refractivity contribution in [3.05, 3.63) is 388 Å². The summed E-state index contributed by atoms with van der Waals surface area (Å²) in [6, 6.07) is 142. The van der Waals surface area contributed by atoms with Crippen molar-refractivity contribution in [3.63, 3.8) is 0 Å². The first kappa shape index (κ1) is 57.6. The van der Waals surface area contributed by atoms with E-state index in [4.69, 9.17) is 0 Å². The second-order valence-corrected chi connectivity index (χ2v) is 25.2. The van der Waals surface area contributed by atoms with Gasteiger partial charge in [-0.3, -0.25) is 0 Å². The number of aromatic nitrogens is 2. The third kappa shape index (κ3) is 10.5. The van der Waals surface area contributed by atoms with E-state index in [9.17, 15) is 0 Å². The van der Waals surface area contributed by atoms with E-state index in [1.807, 2.05) is 0 Å². The fraction of sp³-hybridized carbons (Fsp3) is 0. The van der Waals surface area contributed by atoms with Crippen LogP contribution in [0, 0.1) is 0 Å². The molecule has 4 nitrogen and oxygen atoms in total. The topological polar surface area (TPSA) is 16.3 Å². The van der Waals surface area contributed by atoms with Gasteiger partial charge >= 0.3 is 0 Å². The van der Waals surface area contributed by atoms with E-state index in [2.05, 4.69) is 407 Å². The largest absolute Gasteiger partial charge is 0.310 e. The highest BCUT2D eigenvalue weighted by Crippen LogP contribution is 2.46. The van der Waals surface area contributed by atoms with Gasteiger partial charge in [-0.05, 0) is 211 Å². The lowest BCUT2D eigenvalue weighted by molar-refractivity contribution is 1.18. The fourth-order valence-corrected chi connectivity index (χ4v) is 14.8. The monoisotopic (exact) mass is 1250 g/mol. The van der Waals surface area contributed by atoms with E-state index < -0.39 is 0 Å². The Morgan fingerprint density at radius 2 is 0.418 bits per heavy atom. The molecule has 0 atom stereocenters. The van der Waals surface area contributed by atoms with E-state index in [-0.39, 0.29) is 0 Å². The van der Waals surface area contributed by atoms with Crippen molar-refractivity contribution >= 4 is 88.5 Å². The van der Waals surface area contributed by atoms with Crippen LogP contribution in [0.3, 0.4) is 0 Å². The first-order chi connectivity index (χ1) is 48.6. The maximum Gasteiger partial charge on any atom is 0.0542 e. The minimum Gasteiger partial charge on any atom is -0.310 e. The van der Waals surface area contributed by atoms with Gasteiger partial charge in [0.1, 0.15) is 0 Å². The van der Waals surface area contributed by atoms with Gasteiger partial charge in [0.25, 0.3) is 0 Å². The van der Waals surface area contributed by atoms with Crippen molar-refractivity contribution in [2.24, 2.45) is 0 Å². The Hall–Kier alpha value is -13.0. The van der Waals surface area contributed by atoms with Crippen LogP contribution in [0.25, 0.3) is 133 Å². The Bertz CT molecular complexity index is 5570. The van der Waals surface area contributed by atoms with Crippen molar-refractivity contribution in [2.75, 3.05) is 9.80 Å². The lowest BCUT2D eigenvalue weighted by Gasteiger charge is -2.26. The van der Waals surface area contributed by atoms with E-state index in [1.165, 1.54) is 99.1 Å². The first-order valence-corrected chi connectivity index (χ1v) is 33.6. The molecule has 460 valence electrons. The van der Waals surface area contributed by atoms with Gasteiger partial charge in [0.2, 0.25) is 0 Å². The predicted molar refractivity (Wildman–Crippen MR) is 415 cm³/mol. The van der Waals surface area contributed by atoms with Gasteiger partial charge in [-0.25, -0.2) is 0 Å². The van der Waals surface area contributed by atoms with Crippen molar-refractivity contribution in [1.82, 2.24) is 9.13 Å². The highest BCUT2D eigenvalue weighted by Gasteiger charge is 2.22. The molecule has 16 aromatic carbocycles. The van der Waals surface area contributed by atoms with Crippen molar-refractivity contribution in [2.45, 2.75) is 0 Å². The second kappa shape index (κ2) is 24.7. The lowest BCUT2D eigenvalue weighted by atomic mass is 9.91. The van der Waals surface area contributed by atoms with Crippen molar-refractivity contribution in [1.29, 1.82) is 0 Å². The third-order valence-corrected chi connectivity index (χ3v) is 19.5. The zero-order valence-corrected chi connectivity index (χ0v) is 53.7. The van der Waals surface area contributed by atoms with E-state index >= 15 is 0 Å². The Morgan fingerprint density at radius 3 is 0.806 bits per heavy atom. The molecule has 0 bridgehead atoms. The number of benzene rings is 16. The Morgan fingerprint density at radius 1 is 0.153 bits per heavy atom. The van der Waals surface area contributed by atoms with Gasteiger partial charge in [-0.2, -0.15) is 0 Å². The van der Waals surface area contributed by atoms with Gasteiger partial charge in [0.15, 0.2) is 0 Å². The van der Waals surface area contributed by atoms with Crippen LogP contribution >= 0.6 is 0 Å². The summed E-state index contributed by atoms with van der Waals surface area (Å²) < 4.78 is 4.81. The molecule has 98 heavy (non-hydrogen) atoms. The minimum atomic E-state index is 1.09. The number of fused-ring (bicyclic) bond motifs is 7. The van der Waals surface area contributed by atoms with Gasteiger partial charge in [-0.15, -0.1) is 0 Å². The molecule has 0 aliphatic carbocycles. The Labute approximate surface area is 570 Å². The number of rotatable bonds is 14. The summed E-state index contributed by atoms with van der Waals surface area (Å²) >= 11 is 0. The normalized spacial score (nSPS) is 11.5. The van der Waals surface area contributed by atoms with Crippen LogP contribution in [0.5, 0.6) is 0 Å². The molecular weight excluding hydrogens is 1190 g/mol. The molecule has 2 heterocycles. The molecule has 0 spiro atoms. The quantitative estimate of drug-likeness (QED) is 0.108. The zero-order chi connectivity index (χ0) is 64.9. The number of hydrogen-bond donors (Lipinski definition) is 0. The first-order valence-electron chi connectivity index (χ1n) is 33.6. The van der Waals surface area contributed by atoms with E-state index in [0.29, 0.717) is 0 Å². The summed E-state index contributed by atoms with van der Waals surface area (Å²) in [6.45, 7) is 0. The molecule has 0 radical (unpaired) electrons. The summed E-state index contributed by atoms with van der Waals surface area (Å²) in [5.74, 6) is 0. The molecule has 0 saturated heterocycles. The molecule has 0 aliphatic rings. The number of nitrogens with zero attached hydrogens (tertiary/aromatic N) is 4. The standard InChI is InChI=1S/C94H64N4/c1-7-23-65(24-8-1)71-27-21-37-79(59-71)95(75-29-11-3-12-30-75)81-51-57-93-89(63-81)87-61-73(49-55-91(87)97(93)77-33-15-5-16-34-77)67-41-45-69(46-42-67)83-53-54-84(86-40-20-19-39-85(83)86)70-47-43-68(44-48-70)74-50-56-92-88(62-74)90-64-82(52-58-94(90)98(92)78-35-17-6-18-36-78)96(76-31-13-4-14-32-76)80-38-22-28-72(60-80)66-25-9-2-10-26-66/h1-64H. The number of anilines is 6. The maximum atomic E-state index is 2.41. The van der Waals surface area contributed by atoms with Crippen molar-refractivity contribution < 1.29 is 0 Å². The van der Waals surface area contributed by atoms with Crippen LogP contribution in [-0.4, -0.2) is 9.13 Å². The third-order valence-electron chi connectivity index (χ3n) is 19.5. The smallest absolute Gasteiger partial charge is 0.0542 e. The molecular formula is C94H64N4. The van der Waals surface area contributed by atoms with Crippen LogP contribution in [0.4, 0.5) is 34.1 Å². The summed E-state index contributed by atoms with van der Waals surface area (Å²) in [5.41, 5.74) is 27.6. The van der Waals surface area contributed by atoms with Gasteiger partial charge in [0, 0.05) is 67.0 Å². The lowest BCUT2D eigenvalue weighted by Crippen LogP contribution is -2.09. The average Bonchev–Trinajstić information content (AvgIpc) is 1.57. The van der Waals surface area contributed by atoms with Crippen LogP contribution in [0.1, 0.15) is 0 Å². The Kier molecular flexibility index (Phi) is 14.5. The summed E-state index contributed by atoms with van der Waals surface area (Å²) in [4.78, 5) is 4.76. The average molecular weight is 1250 g/mol. The molecule has 4 heteroatoms. The second-order valence-electron chi connectivity index (χ2n) is 25.2. The van der Waals surface area contributed by atoms with Crippen LogP contribution in [0.15, 0.2) is 388 Å². The molecule has 0 N–H and O–H groups in total. The van der Waals surface area contributed by atoms with Crippen molar-refractivity contribution in [3.8, 4) is 78.1 Å². The van der Waals surface area contributed by atoms with Gasteiger partial charge in [0.05, 0.1) is 22.1 Å². The number of hydrogen-bond acceptors (Lipinski definition) is 2. The number of para-hydroxylation sites is 4. The molecule has 18 rings (SSSR count). The van der Waals surface area contributed by atoms with E-state index in [1.54, 1.807) is 0 Å². The molecule has 18 aromatic rings. The Balaban J connectivity index is 0.673.